The van der Waals surface area contributed by atoms with Crippen LogP contribution >= 0.6 is 11.3 Å². The maximum absolute atomic E-state index is 14.6. The number of aromatic nitrogens is 2. The van der Waals surface area contributed by atoms with Crippen LogP contribution in [0.4, 0.5) is 5.82 Å². The number of nitrogens with one attached hydrogen (secondary N) is 2. The zero-order valence-electron chi connectivity index (χ0n) is 40.0. The molecule has 15 nitrogen and oxygen atoms in total. The Balaban J connectivity index is 0.833. The number of ether oxygens (including phenoxy) is 2. The molecule has 2 N–H and O–H groups in total. The van der Waals surface area contributed by atoms with Gasteiger partial charge in [0.2, 0.25) is 11.8 Å². The fourth-order valence-corrected chi connectivity index (χ4v) is 11.8. The van der Waals surface area contributed by atoms with E-state index in [1.807, 2.05) is 74.8 Å². The monoisotopic (exact) mass is 932 g/mol. The van der Waals surface area contributed by atoms with E-state index < -0.39 is 24.2 Å². The van der Waals surface area contributed by atoms with Gasteiger partial charge in [0.1, 0.15) is 36.4 Å². The highest BCUT2D eigenvalue weighted by Crippen LogP contribution is 2.53. The zero-order chi connectivity index (χ0) is 47.8. The van der Waals surface area contributed by atoms with Gasteiger partial charge in [0.15, 0.2) is 0 Å². The van der Waals surface area contributed by atoms with Crippen molar-refractivity contribution in [3.8, 4) is 16.2 Å². The fraction of sp³-hybridized carbons (Fsp3) is 0.510. The van der Waals surface area contributed by atoms with Crippen LogP contribution in [-0.2, 0) is 32.2 Å². The number of hydrogen-bond acceptors (Lipinski definition) is 12. The molecule has 2 saturated heterocycles. The van der Waals surface area contributed by atoms with E-state index >= 15 is 0 Å². The number of fused-ring (bicyclic) bond motifs is 1. The molecule has 356 valence electrons. The van der Waals surface area contributed by atoms with Crippen molar-refractivity contribution < 1.29 is 33.4 Å². The van der Waals surface area contributed by atoms with Crippen molar-refractivity contribution in [1.82, 2.24) is 35.3 Å². The Morgan fingerprint density at radius 1 is 0.940 bits per heavy atom. The highest BCUT2D eigenvalue weighted by atomic mass is 32.1. The molecule has 2 aromatic heterocycles. The van der Waals surface area contributed by atoms with E-state index in [1.165, 1.54) is 11.8 Å². The van der Waals surface area contributed by atoms with Crippen molar-refractivity contribution in [1.29, 1.82) is 0 Å². The first-order valence-electron chi connectivity index (χ1n) is 23.4. The number of carbonyl (C=O) groups is 5. The van der Waals surface area contributed by atoms with Crippen molar-refractivity contribution in [3.05, 3.63) is 94.3 Å². The molecule has 3 fully saturated rings. The van der Waals surface area contributed by atoms with Crippen LogP contribution < -0.4 is 20.3 Å². The molecular formula is C51H64N8O7S. The van der Waals surface area contributed by atoms with Gasteiger partial charge in [-0.25, -0.2) is 9.97 Å². The number of nitrogens with zero attached hydrogens (tertiary/aromatic N) is 6. The minimum Gasteiger partial charge on any atom is -0.492 e. The summed E-state index contributed by atoms with van der Waals surface area (Å²) >= 11 is 1.58. The Labute approximate surface area is 397 Å². The number of aryl methyl sites for hydroxylation is 1. The van der Waals surface area contributed by atoms with Gasteiger partial charge in [-0.3, -0.25) is 28.9 Å². The minimum atomic E-state index is -0.888. The number of esters is 1. The van der Waals surface area contributed by atoms with Crippen molar-refractivity contribution >= 4 is 46.8 Å². The van der Waals surface area contributed by atoms with Gasteiger partial charge in [-0.2, -0.15) is 0 Å². The van der Waals surface area contributed by atoms with Crippen LogP contribution in [0, 0.1) is 23.7 Å². The van der Waals surface area contributed by atoms with E-state index in [1.54, 1.807) is 28.5 Å². The standard InChI is InChI=1S/C51H64N8O7S/c1-31(2)43(48(64)58-28-39(66-33(4)60)24-41(58)46(62)53-25-34-9-11-35(12-10-34)44-32(3)54-30-67-44)59-27-37-13-15-38(23-40(37)47(59)63)65-22-21-56-17-19-57(20-18-56)42-16-14-36(26-52-42)45(61)55-49-50(5,6)29-51(49,7)8/h9-16,23,26,30-31,39,41,43,49H,17-22,24-25,27-29H2,1-8H3,(H,53,62)(H,55,61)/t39-,41+,43+/m1/s1. The topological polar surface area (TPSA) is 167 Å². The number of amides is 4. The van der Waals surface area contributed by atoms with Gasteiger partial charge in [-0.1, -0.05) is 71.9 Å². The van der Waals surface area contributed by atoms with Gasteiger partial charge in [-0.05, 0) is 71.0 Å². The number of hydrogen-bond donors (Lipinski definition) is 2. The molecule has 0 bridgehead atoms. The van der Waals surface area contributed by atoms with E-state index in [2.05, 4.69) is 58.1 Å². The number of carbonyl (C=O) groups excluding carboxylic acids is 5. The van der Waals surface area contributed by atoms with E-state index in [0.717, 1.165) is 65.7 Å². The molecule has 0 spiro atoms. The second-order valence-corrected chi connectivity index (χ2v) is 21.1. The zero-order valence-corrected chi connectivity index (χ0v) is 40.8. The van der Waals surface area contributed by atoms with Gasteiger partial charge in [-0.15, -0.1) is 11.3 Å². The Hall–Kier alpha value is -5.87. The average Bonchev–Trinajstić information content (AvgIpc) is 4.01. The summed E-state index contributed by atoms with van der Waals surface area (Å²) in [6.45, 7) is 20.8. The molecular weight excluding hydrogens is 869 g/mol. The second kappa shape index (κ2) is 19.4. The summed E-state index contributed by atoms with van der Waals surface area (Å²) in [5, 5.41) is 6.24. The molecule has 8 rings (SSSR count). The summed E-state index contributed by atoms with van der Waals surface area (Å²) in [7, 11) is 0. The molecule has 1 aliphatic carbocycles. The summed E-state index contributed by atoms with van der Waals surface area (Å²) < 4.78 is 11.7. The Bertz CT molecular complexity index is 2470. The van der Waals surface area contributed by atoms with Crippen molar-refractivity contribution in [2.45, 2.75) is 106 Å². The van der Waals surface area contributed by atoms with Gasteiger partial charge in [0, 0.05) is 77.0 Å². The highest BCUT2D eigenvalue weighted by molar-refractivity contribution is 7.13. The molecule has 3 atom stereocenters. The summed E-state index contributed by atoms with van der Waals surface area (Å²) in [5.41, 5.74) is 6.72. The van der Waals surface area contributed by atoms with Crippen LogP contribution in [0.5, 0.6) is 5.75 Å². The van der Waals surface area contributed by atoms with E-state index in [0.29, 0.717) is 30.0 Å². The quantitative estimate of drug-likeness (QED) is 0.132. The van der Waals surface area contributed by atoms with Crippen molar-refractivity contribution in [2.24, 2.45) is 16.7 Å². The van der Waals surface area contributed by atoms with Crippen LogP contribution in [-0.4, -0.2) is 124 Å². The Kier molecular flexibility index (Phi) is 13.8. The summed E-state index contributed by atoms with van der Waals surface area (Å²) in [5.74, 6) is -0.415. The van der Waals surface area contributed by atoms with Crippen molar-refractivity contribution in [3.63, 3.8) is 0 Å². The predicted octanol–water partition coefficient (Wildman–Crippen LogP) is 6.10. The third-order valence-electron chi connectivity index (χ3n) is 13.9. The molecule has 2 aromatic carbocycles. The normalized spacial score (nSPS) is 20.6. The lowest BCUT2D eigenvalue weighted by atomic mass is 9.52. The summed E-state index contributed by atoms with van der Waals surface area (Å²) in [4.78, 5) is 85.4. The highest BCUT2D eigenvalue weighted by Gasteiger charge is 2.53. The third-order valence-corrected chi connectivity index (χ3v) is 14.9. The maximum Gasteiger partial charge on any atom is 0.302 e. The number of pyridine rings is 1. The van der Waals surface area contributed by atoms with Gasteiger partial charge in [0.05, 0.1) is 28.2 Å². The van der Waals surface area contributed by atoms with E-state index in [9.17, 15) is 24.0 Å². The molecule has 16 heteroatoms. The first-order chi connectivity index (χ1) is 31.9. The minimum absolute atomic E-state index is 0.0483. The number of likely N-dealkylation sites (tertiary alicyclic amines) is 1. The lowest BCUT2D eigenvalue weighted by Crippen LogP contribution is -2.63. The second-order valence-electron chi connectivity index (χ2n) is 20.2. The number of benzene rings is 2. The van der Waals surface area contributed by atoms with Crippen LogP contribution in [0.25, 0.3) is 10.4 Å². The van der Waals surface area contributed by atoms with Crippen LogP contribution in [0.3, 0.4) is 0 Å². The summed E-state index contributed by atoms with van der Waals surface area (Å²) in [6, 6.07) is 15.6. The largest absolute Gasteiger partial charge is 0.492 e. The number of piperazine rings is 1. The summed E-state index contributed by atoms with van der Waals surface area (Å²) in [6.07, 6.45) is 2.24. The first kappa shape index (κ1) is 47.6. The maximum atomic E-state index is 14.6. The molecule has 0 unspecified atom stereocenters. The molecule has 67 heavy (non-hydrogen) atoms. The van der Waals surface area contributed by atoms with E-state index in [4.69, 9.17) is 9.47 Å². The van der Waals surface area contributed by atoms with Gasteiger partial charge >= 0.3 is 5.97 Å². The Morgan fingerprint density at radius 3 is 2.30 bits per heavy atom. The molecule has 4 aliphatic rings. The van der Waals surface area contributed by atoms with Crippen LogP contribution in [0.2, 0.25) is 0 Å². The molecule has 3 aliphatic heterocycles. The van der Waals surface area contributed by atoms with Crippen LogP contribution in [0.1, 0.15) is 98.8 Å². The predicted molar refractivity (Wildman–Crippen MR) is 257 cm³/mol. The molecule has 5 heterocycles. The lowest BCUT2D eigenvalue weighted by molar-refractivity contribution is -0.147. The molecule has 0 radical (unpaired) electrons. The smallest absolute Gasteiger partial charge is 0.302 e. The lowest BCUT2D eigenvalue weighted by Gasteiger charge is -2.57. The third kappa shape index (κ3) is 10.3. The van der Waals surface area contributed by atoms with Crippen molar-refractivity contribution in [2.75, 3.05) is 50.8 Å². The number of rotatable bonds is 15. The number of anilines is 1. The molecule has 1 saturated carbocycles. The molecule has 4 aromatic rings. The fourth-order valence-electron chi connectivity index (χ4n) is 10.9. The average molecular weight is 933 g/mol. The number of thiazole rings is 1. The van der Waals surface area contributed by atoms with Gasteiger partial charge < -0.3 is 34.8 Å². The Morgan fingerprint density at radius 2 is 1.67 bits per heavy atom. The first-order valence-corrected chi connectivity index (χ1v) is 24.3. The van der Waals surface area contributed by atoms with Crippen LogP contribution in [0.15, 0.2) is 66.3 Å². The molecule has 4 amide bonds. The van der Waals surface area contributed by atoms with Gasteiger partial charge in [0.25, 0.3) is 11.8 Å². The SMILES string of the molecule is CC(=O)O[C@@H]1C[C@@H](C(=O)NCc2ccc(-c3scnc3C)cc2)N(C(=O)[C@H](C(C)C)N2Cc3ccc(OCCN4CCN(c5ccc(C(=O)NC6C(C)(C)CC6(C)C)cn5)CC4)cc3C2=O)C1. The van der Waals surface area contributed by atoms with E-state index in [-0.39, 0.29) is 72.5 Å².